The number of aryl methyl sites for hydroxylation is 1. The summed E-state index contributed by atoms with van der Waals surface area (Å²) in [5, 5.41) is 2.98. The van der Waals surface area contributed by atoms with Crippen molar-refractivity contribution in [2.45, 2.75) is 33.4 Å². The third-order valence-corrected chi connectivity index (χ3v) is 6.57. The van der Waals surface area contributed by atoms with Gasteiger partial charge in [0.1, 0.15) is 5.75 Å². The number of nitrogens with one attached hydrogen (secondary N) is 1. The first kappa shape index (κ1) is 24.3. The number of amides is 1. The molecule has 0 heterocycles. The van der Waals surface area contributed by atoms with Gasteiger partial charge >= 0.3 is 0 Å². The van der Waals surface area contributed by atoms with Crippen molar-refractivity contribution >= 4 is 21.6 Å². The number of nitrogens with zero attached hydrogens (tertiary/aromatic N) is 1. The summed E-state index contributed by atoms with van der Waals surface area (Å²) in [5.41, 5.74) is 3.88. The van der Waals surface area contributed by atoms with Gasteiger partial charge < -0.3 is 10.1 Å². The molecule has 0 aliphatic heterocycles. The molecular weight excluding hydrogens is 436 g/mol. The third-order valence-electron chi connectivity index (χ3n) is 5.43. The van der Waals surface area contributed by atoms with Crippen molar-refractivity contribution in [2.24, 2.45) is 0 Å². The van der Waals surface area contributed by atoms with Crippen LogP contribution in [0.2, 0.25) is 0 Å². The molecule has 0 aromatic heterocycles. The summed E-state index contributed by atoms with van der Waals surface area (Å²) in [4.78, 5) is 12.7. The number of anilines is 1. The molecule has 33 heavy (non-hydrogen) atoms. The Balaban J connectivity index is 1.73. The Labute approximate surface area is 196 Å². The van der Waals surface area contributed by atoms with Crippen LogP contribution in [0.1, 0.15) is 46.9 Å². The highest BCUT2D eigenvalue weighted by Crippen LogP contribution is 2.23. The van der Waals surface area contributed by atoms with Gasteiger partial charge in [-0.15, -0.1) is 0 Å². The van der Waals surface area contributed by atoms with Crippen LogP contribution in [0.3, 0.4) is 0 Å². The molecule has 0 aliphatic carbocycles. The molecule has 7 heteroatoms. The number of benzene rings is 3. The van der Waals surface area contributed by atoms with E-state index < -0.39 is 10.0 Å². The lowest BCUT2D eigenvalue weighted by atomic mass is 10.1. The zero-order valence-corrected chi connectivity index (χ0v) is 20.2. The molecule has 6 nitrogen and oxygen atoms in total. The molecule has 0 saturated heterocycles. The van der Waals surface area contributed by atoms with E-state index in [-0.39, 0.29) is 18.5 Å². The van der Waals surface area contributed by atoms with Crippen molar-refractivity contribution in [3.63, 3.8) is 0 Å². The van der Waals surface area contributed by atoms with Crippen molar-refractivity contribution < 1.29 is 17.9 Å². The fraction of sp³-hybridized carbons (Fsp3) is 0.269. The van der Waals surface area contributed by atoms with Gasteiger partial charge in [-0.1, -0.05) is 36.4 Å². The molecule has 1 N–H and O–H groups in total. The maximum absolute atomic E-state index is 12.7. The van der Waals surface area contributed by atoms with Crippen LogP contribution in [-0.4, -0.2) is 27.2 Å². The molecule has 0 bridgehead atoms. The summed E-state index contributed by atoms with van der Waals surface area (Å²) in [5.74, 6) is 0.559. The molecule has 3 aromatic carbocycles. The maximum atomic E-state index is 12.7. The number of sulfonamides is 1. The molecule has 0 saturated carbocycles. The van der Waals surface area contributed by atoms with E-state index in [1.807, 2.05) is 69.3 Å². The van der Waals surface area contributed by atoms with Crippen LogP contribution in [0.25, 0.3) is 0 Å². The molecule has 0 aliphatic rings. The number of rotatable bonds is 9. The molecule has 0 radical (unpaired) electrons. The number of hydrogen-bond donors (Lipinski definition) is 1. The van der Waals surface area contributed by atoms with Crippen molar-refractivity contribution in [1.82, 2.24) is 5.32 Å². The number of hydrogen-bond acceptors (Lipinski definition) is 4. The molecule has 1 atom stereocenters. The van der Waals surface area contributed by atoms with Gasteiger partial charge in [0.2, 0.25) is 10.0 Å². The van der Waals surface area contributed by atoms with Crippen LogP contribution in [0, 0.1) is 6.92 Å². The largest absolute Gasteiger partial charge is 0.494 e. The number of ether oxygens (including phenoxy) is 1. The SMILES string of the molecule is CCOc1ccc(C(C)NC(=O)c2ccc(N(Cc3ccccc3C)S(C)(=O)=O)cc2)cc1. The summed E-state index contributed by atoms with van der Waals surface area (Å²) >= 11 is 0. The first-order valence-corrected chi connectivity index (χ1v) is 12.7. The molecule has 3 aromatic rings. The molecule has 0 fully saturated rings. The summed E-state index contributed by atoms with van der Waals surface area (Å²) < 4.78 is 31.7. The Bertz CT molecular complexity index is 1190. The van der Waals surface area contributed by atoms with Crippen LogP contribution in [0.5, 0.6) is 5.75 Å². The highest BCUT2D eigenvalue weighted by Gasteiger charge is 2.19. The predicted octanol–water partition coefficient (Wildman–Crippen LogP) is 4.85. The predicted molar refractivity (Wildman–Crippen MR) is 132 cm³/mol. The highest BCUT2D eigenvalue weighted by molar-refractivity contribution is 7.92. The molecule has 1 unspecified atom stereocenters. The van der Waals surface area contributed by atoms with Gasteiger partial charge in [-0.25, -0.2) is 8.42 Å². The van der Waals surface area contributed by atoms with Gasteiger partial charge in [-0.2, -0.15) is 0 Å². The lowest BCUT2D eigenvalue weighted by Gasteiger charge is -2.23. The smallest absolute Gasteiger partial charge is 0.251 e. The molecule has 0 spiro atoms. The Kier molecular flexibility index (Phi) is 7.76. The number of carbonyl (C=O) groups excluding carboxylic acids is 1. The average molecular weight is 467 g/mol. The molecule has 174 valence electrons. The maximum Gasteiger partial charge on any atom is 0.251 e. The Morgan fingerprint density at radius 2 is 1.64 bits per heavy atom. The Morgan fingerprint density at radius 3 is 2.21 bits per heavy atom. The standard InChI is InChI=1S/C26H30N2O4S/c1-5-32-25-16-12-21(13-17-25)20(3)27-26(29)22-10-14-24(15-11-22)28(33(4,30)31)18-23-9-7-6-8-19(23)2/h6-17,20H,5,18H2,1-4H3,(H,27,29). The van der Waals surface area contributed by atoms with E-state index in [0.717, 1.165) is 22.4 Å². The van der Waals surface area contributed by atoms with E-state index >= 15 is 0 Å². The van der Waals surface area contributed by atoms with E-state index in [1.165, 1.54) is 10.6 Å². The monoisotopic (exact) mass is 466 g/mol. The lowest BCUT2D eigenvalue weighted by Crippen LogP contribution is -2.30. The van der Waals surface area contributed by atoms with Crippen LogP contribution in [-0.2, 0) is 16.6 Å². The van der Waals surface area contributed by atoms with Gasteiger partial charge in [0.25, 0.3) is 5.91 Å². The number of carbonyl (C=O) groups is 1. The Hall–Kier alpha value is -3.32. The summed E-state index contributed by atoms with van der Waals surface area (Å²) in [6, 6.07) is 21.7. The van der Waals surface area contributed by atoms with Crippen molar-refractivity contribution in [3.05, 3.63) is 95.1 Å². The topological polar surface area (TPSA) is 75.7 Å². The van der Waals surface area contributed by atoms with Crippen molar-refractivity contribution in [1.29, 1.82) is 0 Å². The minimum absolute atomic E-state index is 0.193. The third kappa shape index (κ3) is 6.35. The van der Waals surface area contributed by atoms with Crippen LogP contribution >= 0.6 is 0 Å². The van der Waals surface area contributed by atoms with Crippen LogP contribution < -0.4 is 14.4 Å². The van der Waals surface area contributed by atoms with Gasteiger partial charge in [0.15, 0.2) is 0 Å². The van der Waals surface area contributed by atoms with Crippen molar-refractivity contribution in [3.8, 4) is 5.75 Å². The molecule has 3 rings (SSSR count). The van der Waals surface area contributed by atoms with Crippen molar-refractivity contribution in [2.75, 3.05) is 17.2 Å². The fourth-order valence-electron chi connectivity index (χ4n) is 3.50. The summed E-state index contributed by atoms with van der Waals surface area (Å²) in [7, 11) is -3.51. The zero-order valence-electron chi connectivity index (χ0n) is 19.4. The second-order valence-corrected chi connectivity index (χ2v) is 9.85. The molecule has 1 amide bonds. The lowest BCUT2D eigenvalue weighted by molar-refractivity contribution is 0.0940. The van der Waals surface area contributed by atoms with E-state index in [4.69, 9.17) is 4.74 Å². The van der Waals surface area contributed by atoms with Gasteiger partial charge in [0, 0.05) is 5.56 Å². The van der Waals surface area contributed by atoms with Gasteiger partial charge in [-0.3, -0.25) is 9.10 Å². The summed E-state index contributed by atoms with van der Waals surface area (Å²) in [6.07, 6.45) is 1.18. The second-order valence-electron chi connectivity index (χ2n) is 7.94. The van der Waals surface area contributed by atoms with Gasteiger partial charge in [0.05, 0.1) is 31.1 Å². The minimum Gasteiger partial charge on any atom is -0.494 e. The van der Waals surface area contributed by atoms with Gasteiger partial charge in [-0.05, 0) is 73.9 Å². The molecular formula is C26H30N2O4S. The second kappa shape index (κ2) is 10.5. The van der Waals surface area contributed by atoms with E-state index in [9.17, 15) is 13.2 Å². The van der Waals surface area contributed by atoms with E-state index in [2.05, 4.69) is 5.32 Å². The quantitative estimate of drug-likeness (QED) is 0.489. The fourth-order valence-corrected chi connectivity index (χ4v) is 4.38. The van der Waals surface area contributed by atoms with Crippen LogP contribution in [0.15, 0.2) is 72.8 Å². The zero-order chi connectivity index (χ0) is 24.0. The Morgan fingerprint density at radius 1 is 1.00 bits per heavy atom. The normalized spacial score (nSPS) is 12.1. The van der Waals surface area contributed by atoms with E-state index in [1.54, 1.807) is 24.3 Å². The van der Waals surface area contributed by atoms with E-state index in [0.29, 0.717) is 17.9 Å². The average Bonchev–Trinajstić information content (AvgIpc) is 2.78. The van der Waals surface area contributed by atoms with Crippen LogP contribution in [0.4, 0.5) is 5.69 Å². The first-order valence-electron chi connectivity index (χ1n) is 10.8. The highest BCUT2D eigenvalue weighted by atomic mass is 32.2. The summed E-state index contributed by atoms with van der Waals surface area (Å²) in [6.45, 7) is 6.62. The minimum atomic E-state index is -3.51. The first-order chi connectivity index (χ1) is 15.7.